The molecule has 0 atom stereocenters. The summed E-state index contributed by atoms with van der Waals surface area (Å²) in [4.78, 5) is 21.9. The van der Waals surface area contributed by atoms with Crippen LogP contribution in [0.4, 0.5) is 0 Å². The van der Waals surface area contributed by atoms with Crippen molar-refractivity contribution in [3.05, 3.63) is 40.5 Å². The van der Waals surface area contributed by atoms with Crippen LogP contribution in [0.25, 0.3) is 10.2 Å². The molecule has 0 saturated carbocycles. The number of aliphatic hydroxyl groups is 1. The second-order valence-corrected chi connectivity index (χ2v) is 6.45. The van der Waals surface area contributed by atoms with Crippen LogP contribution in [0.2, 0.25) is 0 Å². The third-order valence-electron chi connectivity index (χ3n) is 3.64. The molecule has 0 bridgehead atoms. The molecule has 2 aromatic heterocycles. The number of aliphatic hydroxyl groups excluding tert-OH is 1. The molecule has 0 fully saturated rings. The number of carbonyl (C=O) groups excluding carboxylic acids is 1. The van der Waals surface area contributed by atoms with E-state index in [1.807, 2.05) is 6.92 Å². The number of methoxy groups -OCH3 is 1. The normalized spacial score (nSPS) is 10.8. The Morgan fingerprint density at radius 2 is 1.85 bits per heavy atom. The number of fused-ring (bicyclic) bond motifs is 1. The van der Waals surface area contributed by atoms with Gasteiger partial charge in [-0.2, -0.15) is 4.98 Å². The molecule has 0 aliphatic rings. The summed E-state index contributed by atoms with van der Waals surface area (Å²) in [5.41, 5.74) is 0.731. The van der Waals surface area contributed by atoms with E-state index < -0.39 is 5.97 Å². The van der Waals surface area contributed by atoms with Crippen LogP contribution in [0.1, 0.15) is 21.1 Å². The van der Waals surface area contributed by atoms with Crippen LogP contribution in [-0.2, 0) is 4.74 Å². The Morgan fingerprint density at radius 1 is 1.15 bits per heavy atom. The summed E-state index contributed by atoms with van der Waals surface area (Å²) in [6.45, 7) is 3.78. The first-order chi connectivity index (χ1) is 12.5. The minimum absolute atomic E-state index is 0.0452. The summed E-state index contributed by atoms with van der Waals surface area (Å²) < 4.78 is 16.1. The molecule has 0 aliphatic carbocycles. The summed E-state index contributed by atoms with van der Waals surface area (Å²) in [7, 11) is 1.35. The van der Waals surface area contributed by atoms with E-state index in [0.717, 1.165) is 5.56 Å². The number of nitrogens with zero attached hydrogens (tertiary/aromatic N) is 2. The first kappa shape index (κ1) is 18.1. The average molecular weight is 374 g/mol. The largest absolute Gasteiger partial charge is 0.491 e. The van der Waals surface area contributed by atoms with Crippen molar-refractivity contribution < 1.29 is 24.1 Å². The van der Waals surface area contributed by atoms with Crippen LogP contribution in [0.15, 0.2) is 24.3 Å². The molecule has 0 unspecified atom stereocenters. The fourth-order valence-electron chi connectivity index (χ4n) is 2.44. The Hall–Kier alpha value is -2.71. The lowest BCUT2D eigenvalue weighted by Crippen LogP contribution is -2.01. The molecule has 0 saturated heterocycles. The SMILES string of the molecule is COC(=O)c1sc2nc(C)nc(Oc3ccc(OCCO)cc3)c2c1C. The Labute approximate surface area is 154 Å². The van der Waals surface area contributed by atoms with E-state index in [9.17, 15) is 4.79 Å². The van der Waals surface area contributed by atoms with Crippen molar-refractivity contribution in [3.8, 4) is 17.4 Å². The van der Waals surface area contributed by atoms with Gasteiger partial charge in [0.15, 0.2) is 0 Å². The number of thiophene rings is 1. The van der Waals surface area contributed by atoms with Crippen LogP contribution in [-0.4, -0.2) is 41.4 Å². The minimum Gasteiger partial charge on any atom is -0.491 e. The minimum atomic E-state index is -0.403. The summed E-state index contributed by atoms with van der Waals surface area (Å²) in [5.74, 6) is 1.74. The van der Waals surface area contributed by atoms with Crippen molar-refractivity contribution in [3.63, 3.8) is 0 Å². The van der Waals surface area contributed by atoms with E-state index in [2.05, 4.69) is 9.97 Å². The maximum atomic E-state index is 11.9. The zero-order chi connectivity index (χ0) is 18.7. The number of aryl methyl sites for hydroxylation is 2. The topological polar surface area (TPSA) is 90.8 Å². The predicted molar refractivity (Wildman–Crippen MR) is 97.3 cm³/mol. The van der Waals surface area contributed by atoms with Gasteiger partial charge >= 0.3 is 5.97 Å². The maximum absolute atomic E-state index is 11.9. The van der Waals surface area contributed by atoms with Gasteiger partial charge in [0.25, 0.3) is 0 Å². The number of carbonyl (C=O) groups is 1. The van der Waals surface area contributed by atoms with Crippen LogP contribution < -0.4 is 9.47 Å². The molecule has 8 heteroatoms. The molecular weight excluding hydrogens is 356 g/mol. The zero-order valence-corrected chi connectivity index (χ0v) is 15.4. The molecule has 0 radical (unpaired) electrons. The van der Waals surface area contributed by atoms with Gasteiger partial charge in [-0.1, -0.05) is 0 Å². The lowest BCUT2D eigenvalue weighted by atomic mass is 10.2. The highest BCUT2D eigenvalue weighted by Gasteiger charge is 2.21. The predicted octanol–water partition coefficient (Wildman–Crippen LogP) is 3.26. The maximum Gasteiger partial charge on any atom is 0.348 e. The Balaban J connectivity index is 1.96. The molecule has 0 amide bonds. The lowest BCUT2D eigenvalue weighted by molar-refractivity contribution is 0.0605. The molecule has 3 rings (SSSR count). The summed E-state index contributed by atoms with van der Waals surface area (Å²) in [6, 6.07) is 6.99. The molecular formula is C18H18N2O5S. The Morgan fingerprint density at radius 3 is 2.50 bits per heavy atom. The first-order valence-electron chi connectivity index (χ1n) is 7.91. The monoisotopic (exact) mass is 374 g/mol. The van der Waals surface area contributed by atoms with Gasteiger partial charge < -0.3 is 19.3 Å². The van der Waals surface area contributed by atoms with E-state index in [4.69, 9.17) is 19.3 Å². The van der Waals surface area contributed by atoms with E-state index in [-0.39, 0.29) is 13.2 Å². The van der Waals surface area contributed by atoms with Crippen molar-refractivity contribution in [1.82, 2.24) is 9.97 Å². The second-order valence-electron chi connectivity index (χ2n) is 5.45. The Bertz CT molecular complexity index is 937. The van der Waals surface area contributed by atoms with Gasteiger partial charge in [-0.05, 0) is 43.7 Å². The van der Waals surface area contributed by atoms with E-state index in [1.54, 1.807) is 31.2 Å². The summed E-state index contributed by atoms with van der Waals surface area (Å²) >= 11 is 1.26. The smallest absolute Gasteiger partial charge is 0.348 e. The summed E-state index contributed by atoms with van der Waals surface area (Å²) in [6.07, 6.45) is 0. The highest BCUT2D eigenvalue weighted by molar-refractivity contribution is 7.20. The number of rotatable bonds is 6. The molecule has 136 valence electrons. The quantitative estimate of drug-likeness (QED) is 0.662. The van der Waals surface area contributed by atoms with Gasteiger partial charge in [0.05, 0.1) is 19.1 Å². The molecule has 3 aromatic rings. The number of ether oxygens (including phenoxy) is 3. The second kappa shape index (κ2) is 7.67. The van der Waals surface area contributed by atoms with Gasteiger partial charge in [0, 0.05) is 0 Å². The van der Waals surface area contributed by atoms with E-state index >= 15 is 0 Å². The number of esters is 1. The number of aromatic nitrogens is 2. The number of benzene rings is 1. The van der Waals surface area contributed by atoms with Crippen LogP contribution in [0, 0.1) is 13.8 Å². The lowest BCUT2D eigenvalue weighted by Gasteiger charge is -2.09. The molecule has 7 nitrogen and oxygen atoms in total. The van der Waals surface area contributed by atoms with Gasteiger partial charge in [-0.3, -0.25) is 0 Å². The van der Waals surface area contributed by atoms with Crippen molar-refractivity contribution in [2.24, 2.45) is 0 Å². The molecule has 2 heterocycles. The average Bonchev–Trinajstić information content (AvgIpc) is 2.97. The van der Waals surface area contributed by atoms with Crippen LogP contribution in [0.5, 0.6) is 17.4 Å². The summed E-state index contributed by atoms with van der Waals surface area (Å²) in [5, 5.41) is 9.49. The Kier molecular flexibility index (Phi) is 5.34. The third kappa shape index (κ3) is 3.61. The first-order valence-corrected chi connectivity index (χ1v) is 8.72. The highest BCUT2D eigenvalue weighted by atomic mass is 32.1. The zero-order valence-electron chi connectivity index (χ0n) is 14.6. The van der Waals surface area contributed by atoms with Crippen LogP contribution in [0.3, 0.4) is 0 Å². The number of hydrogen-bond acceptors (Lipinski definition) is 8. The van der Waals surface area contributed by atoms with Crippen LogP contribution >= 0.6 is 11.3 Å². The van der Waals surface area contributed by atoms with E-state index in [0.29, 0.717) is 38.3 Å². The van der Waals surface area contributed by atoms with Crippen molar-refractivity contribution >= 4 is 27.5 Å². The number of hydrogen-bond donors (Lipinski definition) is 1. The van der Waals surface area contributed by atoms with Crippen molar-refractivity contribution in [1.29, 1.82) is 0 Å². The van der Waals surface area contributed by atoms with Gasteiger partial charge in [-0.25, -0.2) is 9.78 Å². The molecule has 1 aromatic carbocycles. The van der Waals surface area contributed by atoms with E-state index in [1.165, 1.54) is 18.4 Å². The fourth-order valence-corrected chi connectivity index (χ4v) is 3.58. The third-order valence-corrected chi connectivity index (χ3v) is 4.80. The van der Waals surface area contributed by atoms with Gasteiger partial charge in [0.1, 0.15) is 33.6 Å². The molecule has 0 spiro atoms. The highest BCUT2D eigenvalue weighted by Crippen LogP contribution is 2.37. The molecule has 0 aliphatic heterocycles. The molecule has 1 N–H and O–H groups in total. The fraction of sp³-hybridized carbons (Fsp3) is 0.278. The van der Waals surface area contributed by atoms with Crippen molar-refractivity contribution in [2.45, 2.75) is 13.8 Å². The van der Waals surface area contributed by atoms with Gasteiger partial charge in [0.2, 0.25) is 5.88 Å². The van der Waals surface area contributed by atoms with Crippen molar-refractivity contribution in [2.75, 3.05) is 20.3 Å². The molecule has 26 heavy (non-hydrogen) atoms. The standard InChI is InChI=1S/C18H18N2O5S/c1-10-14-16(25-13-6-4-12(5-7-13)24-9-8-21)19-11(2)20-17(14)26-15(10)18(22)23-3/h4-7,21H,8-9H2,1-3H3. The van der Waals surface area contributed by atoms with Gasteiger partial charge in [-0.15, -0.1) is 11.3 Å².